The Balaban J connectivity index is 2.11. The van der Waals surface area contributed by atoms with Crippen molar-refractivity contribution in [3.63, 3.8) is 0 Å². The van der Waals surface area contributed by atoms with Crippen molar-refractivity contribution >= 4 is 45.2 Å². The first-order valence-electron chi connectivity index (χ1n) is 6.55. The summed E-state index contributed by atoms with van der Waals surface area (Å²) in [7, 11) is 1.69. The van der Waals surface area contributed by atoms with E-state index in [0.717, 1.165) is 28.2 Å². The van der Waals surface area contributed by atoms with Crippen LogP contribution in [0.2, 0.25) is 0 Å². The molecule has 2 aromatic carbocycles. The molecule has 3 nitrogen and oxygen atoms in total. The third kappa shape index (κ3) is 2.87. The lowest BCUT2D eigenvalue weighted by Crippen LogP contribution is -2.05. The highest BCUT2D eigenvalue weighted by molar-refractivity contribution is 14.1. The SMILES string of the molecule is COc1ccccc1Cn1c(CCl)nc2cc(I)ccc21. The second kappa shape index (κ2) is 6.23. The van der Waals surface area contributed by atoms with Crippen LogP contribution >= 0.6 is 34.2 Å². The first-order chi connectivity index (χ1) is 10.2. The van der Waals surface area contributed by atoms with Gasteiger partial charge in [0, 0.05) is 9.13 Å². The van der Waals surface area contributed by atoms with Gasteiger partial charge in [-0.05, 0) is 46.9 Å². The zero-order valence-corrected chi connectivity index (χ0v) is 14.4. The van der Waals surface area contributed by atoms with Gasteiger partial charge >= 0.3 is 0 Å². The minimum absolute atomic E-state index is 0.389. The second-order valence-corrected chi connectivity index (χ2v) is 6.21. The average Bonchev–Trinajstić information content (AvgIpc) is 2.84. The number of halogens is 2. The number of hydrogen-bond acceptors (Lipinski definition) is 2. The van der Waals surface area contributed by atoms with E-state index < -0.39 is 0 Å². The summed E-state index contributed by atoms with van der Waals surface area (Å²) >= 11 is 8.36. The quantitative estimate of drug-likeness (QED) is 0.468. The van der Waals surface area contributed by atoms with E-state index in [4.69, 9.17) is 16.3 Å². The van der Waals surface area contributed by atoms with Crippen LogP contribution in [0.3, 0.4) is 0 Å². The van der Waals surface area contributed by atoms with E-state index in [2.05, 4.69) is 56.4 Å². The highest BCUT2D eigenvalue weighted by Gasteiger charge is 2.12. The van der Waals surface area contributed by atoms with Crippen molar-refractivity contribution < 1.29 is 4.74 Å². The molecule has 0 radical (unpaired) electrons. The van der Waals surface area contributed by atoms with Crippen molar-refractivity contribution in [1.82, 2.24) is 9.55 Å². The number of ether oxygens (including phenoxy) is 1. The molecule has 3 rings (SSSR count). The summed E-state index contributed by atoms with van der Waals surface area (Å²) in [6.07, 6.45) is 0. The van der Waals surface area contributed by atoms with Gasteiger partial charge in [-0.1, -0.05) is 18.2 Å². The number of fused-ring (bicyclic) bond motifs is 1. The van der Waals surface area contributed by atoms with Crippen molar-refractivity contribution in [2.45, 2.75) is 12.4 Å². The van der Waals surface area contributed by atoms with Gasteiger partial charge in [-0.15, -0.1) is 11.6 Å². The number of hydrogen-bond donors (Lipinski definition) is 0. The van der Waals surface area contributed by atoms with Gasteiger partial charge in [0.1, 0.15) is 11.6 Å². The van der Waals surface area contributed by atoms with E-state index >= 15 is 0 Å². The molecule has 0 saturated heterocycles. The average molecular weight is 413 g/mol. The number of nitrogens with zero attached hydrogens (tertiary/aromatic N) is 2. The van der Waals surface area contributed by atoms with Crippen LogP contribution in [0, 0.1) is 3.57 Å². The molecule has 0 saturated carbocycles. The minimum atomic E-state index is 0.389. The first-order valence-corrected chi connectivity index (χ1v) is 8.17. The molecule has 0 aliphatic carbocycles. The Morgan fingerprint density at radius 2 is 2.05 bits per heavy atom. The fourth-order valence-corrected chi connectivity index (χ4v) is 3.11. The van der Waals surface area contributed by atoms with Crippen LogP contribution in [0.15, 0.2) is 42.5 Å². The molecule has 0 aliphatic rings. The Morgan fingerprint density at radius 3 is 2.81 bits per heavy atom. The van der Waals surface area contributed by atoms with Gasteiger partial charge in [-0.2, -0.15) is 0 Å². The number of para-hydroxylation sites is 1. The number of imidazole rings is 1. The maximum atomic E-state index is 6.07. The lowest BCUT2D eigenvalue weighted by Gasteiger charge is -2.11. The molecule has 0 amide bonds. The molecule has 0 spiro atoms. The van der Waals surface area contributed by atoms with Crippen molar-refractivity contribution in [2.24, 2.45) is 0 Å². The maximum Gasteiger partial charge on any atom is 0.125 e. The molecule has 0 aliphatic heterocycles. The molecule has 1 heterocycles. The van der Waals surface area contributed by atoms with E-state index in [0.29, 0.717) is 12.4 Å². The van der Waals surface area contributed by atoms with Gasteiger partial charge < -0.3 is 9.30 Å². The normalized spacial score (nSPS) is 11.0. The largest absolute Gasteiger partial charge is 0.496 e. The van der Waals surface area contributed by atoms with Gasteiger partial charge in [-0.3, -0.25) is 0 Å². The van der Waals surface area contributed by atoms with E-state index in [1.165, 1.54) is 3.57 Å². The van der Waals surface area contributed by atoms with Crippen LogP contribution in [0.1, 0.15) is 11.4 Å². The Labute approximate surface area is 142 Å². The summed E-state index contributed by atoms with van der Waals surface area (Å²) < 4.78 is 8.75. The Morgan fingerprint density at radius 1 is 1.24 bits per heavy atom. The lowest BCUT2D eigenvalue weighted by molar-refractivity contribution is 0.408. The molecule has 5 heteroatoms. The topological polar surface area (TPSA) is 27.1 Å². The Bertz CT molecular complexity index is 785. The van der Waals surface area contributed by atoms with Crippen LogP contribution in [0.25, 0.3) is 11.0 Å². The minimum Gasteiger partial charge on any atom is -0.496 e. The zero-order chi connectivity index (χ0) is 14.8. The predicted octanol–water partition coefficient (Wildman–Crippen LogP) is 4.44. The Hall–Kier alpha value is -1.27. The molecular formula is C16H14ClIN2O. The fraction of sp³-hybridized carbons (Fsp3) is 0.188. The monoisotopic (exact) mass is 412 g/mol. The summed E-state index contributed by atoms with van der Waals surface area (Å²) in [5, 5.41) is 0. The van der Waals surface area contributed by atoms with Gasteiger partial charge in [-0.25, -0.2) is 4.98 Å². The van der Waals surface area contributed by atoms with Crippen LogP contribution in [-0.2, 0) is 12.4 Å². The van der Waals surface area contributed by atoms with Crippen molar-refractivity contribution in [2.75, 3.05) is 7.11 Å². The van der Waals surface area contributed by atoms with Gasteiger partial charge in [0.25, 0.3) is 0 Å². The first kappa shape index (κ1) is 14.7. The summed E-state index contributed by atoms with van der Waals surface area (Å²) in [6.45, 7) is 0.698. The molecular weight excluding hydrogens is 399 g/mol. The summed E-state index contributed by atoms with van der Waals surface area (Å²) in [4.78, 5) is 4.63. The smallest absolute Gasteiger partial charge is 0.125 e. The molecule has 21 heavy (non-hydrogen) atoms. The maximum absolute atomic E-state index is 6.07. The molecule has 0 unspecified atom stereocenters. The highest BCUT2D eigenvalue weighted by Crippen LogP contribution is 2.24. The van der Waals surface area contributed by atoms with Crippen LogP contribution in [-0.4, -0.2) is 16.7 Å². The molecule has 0 bridgehead atoms. The molecule has 1 aromatic heterocycles. The third-order valence-electron chi connectivity index (χ3n) is 3.43. The number of rotatable bonds is 4. The fourth-order valence-electron chi connectivity index (χ4n) is 2.44. The Kier molecular flexibility index (Phi) is 4.35. The van der Waals surface area contributed by atoms with E-state index in [9.17, 15) is 0 Å². The number of methoxy groups -OCH3 is 1. The van der Waals surface area contributed by atoms with E-state index in [1.807, 2.05) is 18.2 Å². The van der Waals surface area contributed by atoms with Crippen molar-refractivity contribution in [3.05, 3.63) is 57.4 Å². The number of alkyl halides is 1. The van der Waals surface area contributed by atoms with Crippen LogP contribution < -0.4 is 4.74 Å². The highest BCUT2D eigenvalue weighted by atomic mass is 127. The standard InChI is InChI=1S/C16H14ClIN2O/c1-21-15-5-3-2-4-11(15)10-20-14-7-6-12(18)8-13(14)19-16(20)9-17/h2-8H,9-10H2,1H3. The zero-order valence-electron chi connectivity index (χ0n) is 11.5. The third-order valence-corrected chi connectivity index (χ3v) is 4.34. The lowest BCUT2D eigenvalue weighted by atomic mass is 10.2. The van der Waals surface area contributed by atoms with E-state index in [1.54, 1.807) is 7.11 Å². The number of benzene rings is 2. The van der Waals surface area contributed by atoms with Gasteiger partial charge in [0.2, 0.25) is 0 Å². The number of aromatic nitrogens is 2. The second-order valence-electron chi connectivity index (χ2n) is 4.69. The molecule has 0 fully saturated rings. The van der Waals surface area contributed by atoms with Crippen molar-refractivity contribution in [1.29, 1.82) is 0 Å². The molecule has 0 atom stereocenters. The predicted molar refractivity (Wildman–Crippen MR) is 94.1 cm³/mol. The van der Waals surface area contributed by atoms with Crippen molar-refractivity contribution in [3.8, 4) is 5.75 Å². The summed E-state index contributed by atoms with van der Waals surface area (Å²) in [5.74, 6) is 2.14. The van der Waals surface area contributed by atoms with Gasteiger partial charge in [0.15, 0.2) is 0 Å². The molecule has 3 aromatic rings. The summed E-state index contributed by atoms with van der Waals surface area (Å²) in [6, 6.07) is 14.3. The molecule has 0 N–H and O–H groups in total. The van der Waals surface area contributed by atoms with E-state index in [-0.39, 0.29) is 0 Å². The van der Waals surface area contributed by atoms with Crippen LogP contribution in [0.5, 0.6) is 5.75 Å². The molecule has 108 valence electrons. The summed E-state index contributed by atoms with van der Waals surface area (Å²) in [5.41, 5.74) is 3.19. The van der Waals surface area contributed by atoms with Crippen LogP contribution in [0.4, 0.5) is 0 Å². The van der Waals surface area contributed by atoms with Gasteiger partial charge in [0.05, 0.1) is 30.6 Å².